The molecule has 1 atom stereocenters. The van der Waals surface area contributed by atoms with E-state index in [0.717, 1.165) is 110 Å². The Hall–Kier alpha value is -5.24. The van der Waals surface area contributed by atoms with E-state index in [0.29, 0.717) is 63.7 Å². The normalized spacial score (nSPS) is 21.2. The largest absolute Gasteiger partial charge is 0.496 e. The van der Waals surface area contributed by atoms with Crippen LogP contribution in [0, 0.1) is 11.3 Å². The Balaban J connectivity index is 0.753. The lowest BCUT2D eigenvalue weighted by Crippen LogP contribution is -2.51. The molecule has 0 radical (unpaired) electrons. The van der Waals surface area contributed by atoms with E-state index < -0.39 is 17.9 Å². The van der Waals surface area contributed by atoms with Crippen LogP contribution in [0.15, 0.2) is 65.9 Å². The van der Waals surface area contributed by atoms with Crippen LogP contribution in [0.25, 0.3) is 21.9 Å². The van der Waals surface area contributed by atoms with Gasteiger partial charge in [0.1, 0.15) is 23.4 Å². The van der Waals surface area contributed by atoms with E-state index in [2.05, 4.69) is 26.7 Å². The smallest absolute Gasteiger partial charge is 0.262 e. The van der Waals surface area contributed by atoms with Crippen molar-refractivity contribution in [2.24, 2.45) is 18.4 Å². The number of piperidine rings is 3. The number of methoxy groups -OCH3 is 1. The maximum absolute atomic E-state index is 13.3. The van der Waals surface area contributed by atoms with Crippen molar-refractivity contribution >= 4 is 45.9 Å². The summed E-state index contributed by atoms with van der Waals surface area (Å²) in [7, 11) is 7.31. The molecule has 1 saturated carbocycles. The number of amides is 3. The molecule has 0 bridgehead atoms. The molecule has 1 aliphatic carbocycles. The number of hydrogen-bond acceptors (Lipinski definition) is 10. The number of nitrogens with one attached hydrogen (secondary N) is 1. The molecule has 4 aromatic rings. The molecular weight excluding hydrogens is 794 g/mol. The highest BCUT2D eigenvalue weighted by atomic mass is 35.5. The minimum Gasteiger partial charge on any atom is -0.496 e. The molecule has 4 fully saturated rings. The summed E-state index contributed by atoms with van der Waals surface area (Å²) in [5, 5.41) is 4.71. The zero-order valence-corrected chi connectivity index (χ0v) is 36.2. The van der Waals surface area contributed by atoms with E-state index in [1.54, 1.807) is 43.1 Å². The molecule has 4 aliphatic heterocycles. The molecule has 1 spiro atoms. The van der Waals surface area contributed by atoms with Gasteiger partial charge in [0.15, 0.2) is 0 Å². The van der Waals surface area contributed by atoms with Gasteiger partial charge in [0.25, 0.3) is 17.4 Å². The van der Waals surface area contributed by atoms with Crippen molar-refractivity contribution in [1.82, 2.24) is 29.6 Å². The Morgan fingerprint density at radius 1 is 0.918 bits per heavy atom. The second kappa shape index (κ2) is 16.2. The summed E-state index contributed by atoms with van der Waals surface area (Å²) >= 11 is 7.05. The Labute approximate surface area is 361 Å². The number of carbonyl (C=O) groups is 3. The average molecular weight is 848 g/mol. The fourth-order valence-electron chi connectivity index (χ4n) is 10.2. The summed E-state index contributed by atoms with van der Waals surface area (Å²) in [6.07, 6.45) is 11.1. The topological polar surface area (TPSA) is 130 Å². The summed E-state index contributed by atoms with van der Waals surface area (Å²) in [5.41, 5.74) is 4.18. The van der Waals surface area contributed by atoms with E-state index in [1.807, 2.05) is 43.4 Å². The van der Waals surface area contributed by atoms with Crippen LogP contribution in [0.2, 0.25) is 5.02 Å². The van der Waals surface area contributed by atoms with Crippen molar-refractivity contribution < 1.29 is 23.9 Å². The molecule has 1 N–H and O–H groups in total. The summed E-state index contributed by atoms with van der Waals surface area (Å²) < 4.78 is 13.9. The average Bonchev–Trinajstić information content (AvgIpc) is 3.48. The summed E-state index contributed by atoms with van der Waals surface area (Å²) in [6, 6.07) is 10.3. The van der Waals surface area contributed by atoms with Crippen LogP contribution in [0.4, 0.5) is 5.82 Å². The fourth-order valence-corrected chi connectivity index (χ4v) is 10.5. The lowest BCUT2D eigenvalue weighted by atomic mass is 9.61. The van der Waals surface area contributed by atoms with Gasteiger partial charge in [-0.05, 0) is 131 Å². The predicted molar refractivity (Wildman–Crippen MR) is 235 cm³/mol. The number of ether oxygens (including phenoxy) is 2. The van der Waals surface area contributed by atoms with Gasteiger partial charge in [0.05, 0.1) is 29.7 Å². The van der Waals surface area contributed by atoms with Gasteiger partial charge in [0.2, 0.25) is 5.91 Å². The van der Waals surface area contributed by atoms with Gasteiger partial charge in [-0.2, -0.15) is 0 Å². The third-order valence-electron chi connectivity index (χ3n) is 13.9. The highest BCUT2D eigenvalue weighted by Crippen LogP contribution is 2.51. The number of hydrogen-bond donors (Lipinski definition) is 1. The standard InChI is InChI=1S/C47H54ClN7O6/c1-28-6-9-40(43(56)50-28)55-45(58)33-8-7-31(20-35(33)46(55)59)61-32-22-47(23-32)12-16-54(17-13-47)25-29-10-14-53(15-11-29)27-38-39(48)18-30(19-41(38)60-5)37-26-52(4)44(57)36-24-49-42(51(2)3)21-34(36)37/h7-8,18-21,24,26,29,32,40H,1,6,9-17,22-23,25,27H2,2-5H3,(H,50,56). The molecule has 13 nitrogen and oxygen atoms in total. The second-order valence-electron chi connectivity index (χ2n) is 18.1. The molecule has 320 valence electrons. The van der Waals surface area contributed by atoms with Crippen LogP contribution in [0.5, 0.6) is 11.5 Å². The number of aromatic nitrogens is 2. The number of fused-ring (bicyclic) bond motifs is 2. The first-order valence-corrected chi connectivity index (χ1v) is 21.8. The number of likely N-dealkylation sites (tertiary alicyclic amines) is 2. The number of aryl methyl sites for hydroxylation is 1. The first-order chi connectivity index (χ1) is 29.3. The number of imide groups is 1. The van der Waals surface area contributed by atoms with Crippen molar-refractivity contribution in [2.45, 2.75) is 70.1 Å². The van der Waals surface area contributed by atoms with Gasteiger partial charge >= 0.3 is 0 Å². The number of rotatable bonds is 10. The molecule has 14 heteroatoms. The third kappa shape index (κ3) is 7.80. The molecule has 2 aromatic carbocycles. The molecule has 5 aliphatic rings. The number of nitrogens with zero attached hydrogens (tertiary/aromatic N) is 6. The van der Waals surface area contributed by atoms with Crippen LogP contribution in [0.3, 0.4) is 0 Å². The number of allylic oxidation sites excluding steroid dienone is 1. The number of pyridine rings is 2. The van der Waals surface area contributed by atoms with Gasteiger partial charge in [-0.25, -0.2) is 4.98 Å². The third-order valence-corrected chi connectivity index (χ3v) is 14.2. The van der Waals surface area contributed by atoms with E-state index >= 15 is 0 Å². The molecule has 6 heterocycles. The van der Waals surface area contributed by atoms with Crippen LogP contribution in [0.1, 0.15) is 77.6 Å². The van der Waals surface area contributed by atoms with Gasteiger partial charge in [-0.1, -0.05) is 18.2 Å². The molecule has 3 saturated heterocycles. The molecule has 3 amide bonds. The fraction of sp³-hybridized carbons (Fsp3) is 0.468. The first kappa shape index (κ1) is 41.1. The molecule has 2 aromatic heterocycles. The van der Waals surface area contributed by atoms with Crippen LogP contribution in [-0.2, 0) is 18.4 Å². The quantitative estimate of drug-likeness (QED) is 0.183. The number of halogens is 1. The molecule has 1 unspecified atom stereocenters. The molecule has 9 rings (SSSR count). The maximum Gasteiger partial charge on any atom is 0.262 e. The van der Waals surface area contributed by atoms with Crippen molar-refractivity contribution in [2.75, 3.05) is 58.8 Å². The Bertz CT molecular complexity index is 2500. The van der Waals surface area contributed by atoms with Gasteiger partial charge < -0.3 is 29.2 Å². The predicted octanol–water partition coefficient (Wildman–Crippen LogP) is 6.25. The zero-order valence-electron chi connectivity index (χ0n) is 35.5. The van der Waals surface area contributed by atoms with Gasteiger partial charge in [-0.15, -0.1) is 0 Å². The lowest BCUT2D eigenvalue weighted by molar-refractivity contribution is -0.125. The first-order valence-electron chi connectivity index (χ1n) is 21.4. The van der Waals surface area contributed by atoms with Crippen molar-refractivity contribution in [3.05, 3.63) is 93.1 Å². The van der Waals surface area contributed by atoms with E-state index in [9.17, 15) is 19.2 Å². The van der Waals surface area contributed by atoms with Crippen LogP contribution in [-0.4, -0.2) is 108 Å². The van der Waals surface area contributed by atoms with E-state index in [4.69, 9.17) is 21.1 Å². The van der Waals surface area contributed by atoms with Gasteiger partial charge in [-0.3, -0.25) is 29.0 Å². The molecular formula is C47H54ClN7O6. The summed E-state index contributed by atoms with van der Waals surface area (Å²) in [6.45, 7) is 9.82. The summed E-state index contributed by atoms with van der Waals surface area (Å²) in [5.74, 6) is 1.51. The Kier molecular flexibility index (Phi) is 10.9. The highest BCUT2D eigenvalue weighted by molar-refractivity contribution is 6.32. The number of carbonyl (C=O) groups excluding carboxylic acids is 3. The Morgan fingerprint density at radius 3 is 2.36 bits per heavy atom. The van der Waals surface area contributed by atoms with E-state index in [1.165, 1.54) is 0 Å². The minimum absolute atomic E-state index is 0.0815. The SMILES string of the molecule is C=C1CCC(N2C(=O)c3ccc(OC4CC5(CCN(CC6CCN(Cc7c(Cl)cc(-c8cn(C)c(=O)c9cnc(N(C)C)cc89)cc7OC)CC6)CC5)C4)cc3C2=O)C(=O)N1. The van der Waals surface area contributed by atoms with Crippen molar-refractivity contribution in [3.8, 4) is 22.6 Å². The Morgan fingerprint density at radius 2 is 1.66 bits per heavy atom. The zero-order chi connectivity index (χ0) is 42.7. The highest BCUT2D eigenvalue weighted by Gasteiger charge is 2.48. The maximum atomic E-state index is 13.3. The van der Waals surface area contributed by atoms with Crippen molar-refractivity contribution in [1.29, 1.82) is 0 Å². The van der Waals surface area contributed by atoms with E-state index in [-0.39, 0.29) is 17.6 Å². The number of benzene rings is 2. The van der Waals surface area contributed by atoms with Crippen molar-refractivity contribution in [3.63, 3.8) is 0 Å². The molecule has 61 heavy (non-hydrogen) atoms. The van der Waals surface area contributed by atoms with Crippen LogP contribution < -0.4 is 25.2 Å². The summed E-state index contributed by atoms with van der Waals surface area (Å²) in [4.78, 5) is 64.7. The van der Waals surface area contributed by atoms with Gasteiger partial charge in [0, 0.05) is 73.9 Å². The van der Waals surface area contributed by atoms with Crippen LogP contribution >= 0.6 is 11.6 Å². The number of anilines is 1. The second-order valence-corrected chi connectivity index (χ2v) is 18.5. The minimum atomic E-state index is -0.828. The monoisotopic (exact) mass is 847 g/mol. The lowest BCUT2D eigenvalue weighted by Gasteiger charge is -2.52.